The third kappa shape index (κ3) is 13.8. The van der Waals surface area contributed by atoms with Gasteiger partial charge in [0.1, 0.15) is 6.23 Å². The fourth-order valence-corrected chi connectivity index (χ4v) is 2.19. The van der Waals surface area contributed by atoms with Crippen LogP contribution in [0.1, 0.15) is 51.4 Å². The Balaban J connectivity index is 3.28. The molecule has 0 bridgehead atoms. The second-order valence-electron chi connectivity index (χ2n) is 4.39. The average Bonchev–Trinajstić information content (AvgIpc) is 2.19. The van der Waals surface area contributed by atoms with Crippen molar-refractivity contribution in [1.82, 2.24) is 0 Å². The van der Waals surface area contributed by atoms with Gasteiger partial charge in [-0.2, -0.15) is 8.42 Å². The molecule has 0 fully saturated rings. The summed E-state index contributed by atoms with van der Waals surface area (Å²) in [7, 11) is -3.42. The Labute approximate surface area is 105 Å². The molecule has 0 aromatic rings. The maximum Gasteiger partial charge on any atom is 0.265 e. The van der Waals surface area contributed by atoms with Crippen molar-refractivity contribution in [3.05, 3.63) is 0 Å². The minimum Gasteiger partial charge on any atom is -0.330 e. The zero-order valence-electron chi connectivity index (χ0n) is 10.7. The lowest BCUT2D eigenvalue weighted by molar-refractivity contribution is 0.204. The molecular formula is C11H26N2O3S. The molecule has 104 valence electrons. The molecule has 0 aliphatic heterocycles. The van der Waals surface area contributed by atoms with Crippen molar-refractivity contribution in [2.24, 2.45) is 11.5 Å². The van der Waals surface area contributed by atoms with E-state index in [1.807, 2.05) is 0 Å². The van der Waals surface area contributed by atoms with Gasteiger partial charge >= 0.3 is 0 Å². The first-order chi connectivity index (χ1) is 7.95. The van der Waals surface area contributed by atoms with Crippen LogP contribution in [-0.4, -0.2) is 27.4 Å². The summed E-state index contributed by atoms with van der Waals surface area (Å²) in [5, 5.41) is 0. The van der Waals surface area contributed by atoms with Crippen LogP contribution in [0.3, 0.4) is 0 Å². The first kappa shape index (κ1) is 16.8. The van der Waals surface area contributed by atoms with Gasteiger partial charge in [0.05, 0.1) is 6.26 Å². The predicted octanol–water partition coefficient (Wildman–Crippen LogP) is 1.33. The molecule has 5 nitrogen and oxygen atoms in total. The zero-order valence-corrected chi connectivity index (χ0v) is 11.5. The van der Waals surface area contributed by atoms with Crippen LogP contribution in [0.15, 0.2) is 0 Å². The Morgan fingerprint density at radius 2 is 1.47 bits per heavy atom. The molecule has 0 rings (SSSR count). The first-order valence-corrected chi connectivity index (χ1v) is 8.11. The molecule has 17 heavy (non-hydrogen) atoms. The summed E-state index contributed by atoms with van der Waals surface area (Å²) in [4.78, 5) is 0. The van der Waals surface area contributed by atoms with Gasteiger partial charge in [-0.1, -0.05) is 32.1 Å². The highest BCUT2D eigenvalue weighted by Crippen LogP contribution is 2.10. The molecule has 0 aliphatic rings. The molecule has 0 radical (unpaired) electrons. The van der Waals surface area contributed by atoms with Crippen LogP contribution in [0.25, 0.3) is 0 Å². The van der Waals surface area contributed by atoms with Gasteiger partial charge in [-0.05, 0) is 25.8 Å². The van der Waals surface area contributed by atoms with Crippen molar-refractivity contribution < 1.29 is 12.6 Å². The van der Waals surface area contributed by atoms with E-state index in [1.54, 1.807) is 0 Å². The Bertz CT molecular complexity index is 268. The van der Waals surface area contributed by atoms with Crippen LogP contribution < -0.4 is 11.5 Å². The highest BCUT2D eigenvalue weighted by molar-refractivity contribution is 7.86. The minimum atomic E-state index is -3.42. The zero-order chi connectivity index (χ0) is 13.1. The van der Waals surface area contributed by atoms with E-state index in [-0.39, 0.29) is 0 Å². The Morgan fingerprint density at radius 3 is 1.94 bits per heavy atom. The number of hydrogen-bond acceptors (Lipinski definition) is 5. The predicted molar refractivity (Wildman–Crippen MR) is 69.9 cm³/mol. The third-order valence-corrected chi connectivity index (χ3v) is 3.09. The quantitative estimate of drug-likeness (QED) is 0.334. The molecule has 0 saturated carbocycles. The standard InChI is InChI=1S/C11H26N2O3S/c1-17(14,15)16-11(13)9-7-5-3-2-4-6-8-10-12/h11H,2-10,12-13H2,1H3. The van der Waals surface area contributed by atoms with E-state index < -0.39 is 16.3 Å². The molecule has 0 heterocycles. The van der Waals surface area contributed by atoms with Crippen LogP contribution in [0, 0.1) is 0 Å². The van der Waals surface area contributed by atoms with E-state index in [1.165, 1.54) is 19.3 Å². The normalized spacial score (nSPS) is 13.8. The molecule has 1 unspecified atom stereocenters. The van der Waals surface area contributed by atoms with Crippen molar-refractivity contribution in [3.63, 3.8) is 0 Å². The van der Waals surface area contributed by atoms with Crippen molar-refractivity contribution in [2.75, 3.05) is 12.8 Å². The van der Waals surface area contributed by atoms with Crippen molar-refractivity contribution in [2.45, 2.75) is 57.6 Å². The van der Waals surface area contributed by atoms with Gasteiger partial charge in [0.15, 0.2) is 0 Å². The number of unbranched alkanes of at least 4 members (excludes halogenated alkanes) is 6. The van der Waals surface area contributed by atoms with Crippen LogP contribution in [-0.2, 0) is 14.3 Å². The number of hydrogen-bond donors (Lipinski definition) is 2. The van der Waals surface area contributed by atoms with Crippen molar-refractivity contribution >= 4 is 10.1 Å². The summed E-state index contributed by atoms with van der Waals surface area (Å²) in [5.41, 5.74) is 10.9. The van der Waals surface area contributed by atoms with Gasteiger partial charge in [0, 0.05) is 0 Å². The smallest absolute Gasteiger partial charge is 0.265 e. The summed E-state index contributed by atoms with van der Waals surface area (Å²) in [6.45, 7) is 0.775. The molecular weight excluding hydrogens is 240 g/mol. The van der Waals surface area contributed by atoms with E-state index in [0.717, 1.165) is 38.5 Å². The summed E-state index contributed by atoms with van der Waals surface area (Å²) in [6, 6.07) is 0. The van der Waals surface area contributed by atoms with Crippen molar-refractivity contribution in [3.8, 4) is 0 Å². The average molecular weight is 266 g/mol. The van der Waals surface area contributed by atoms with Crippen LogP contribution in [0.2, 0.25) is 0 Å². The summed E-state index contributed by atoms with van der Waals surface area (Å²) < 4.78 is 26.2. The molecule has 0 aromatic heterocycles. The van der Waals surface area contributed by atoms with Gasteiger partial charge in [-0.3, -0.25) is 4.18 Å². The monoisotopic (exact) mass is 266 g/mol. The topological polar surface area (TPSA) is 95.4 Å². The fourth-order valence-electron chi connectivity index (χ4n) is 1.65. The maximum absolute atomic E-state index is 10.8. The second-order valence-corrected chi connectivity index (χ2v) is 5.99. The van der Waals surface area contributed by atoms with Crippen molar-refractivity contribution in [1.29, 1.82) is 0 Å². The van der Waals surface area contributed by atoms with Gasteiger partial charge < -0.3 is 11.5 Å². The summed E-state index contributed by atoms with van der Waals surface area (Å²) in [5.74, 6) is 0. The highest BCUT2D eigenvalue weighted by Gasteiger charge is 2.09. The molecule has 1 atom stereocenters. The highest BCUT2D eigenvalue weighted by atomic mass is 32.2. The number of rotatable bonds is 11. The summed E-state index contributed by atoms with van der Waals surface area (Å²) >= 11 is 0. The molecule has 0 amide bonds. The van der Waals surface area contributed by atoms with E-state index in [9.17, 15) is 8.42 Å². The lowest BCUT2D eigenvalue weighted by Gasteiger charge is -2.10. The van der Waals surface area contributed by atoms with Crippen LogP contribution in [0.5, 0.6) is 0 Å². The number of nitrogens with two attached hydrogens (primary N) is 2. The largest absolute Gasteiger partial charge is 0.330 e. The Kier molecular flexibility index (Phi) is 9.72. The van der Waals surface area contributed by atoms with Gasteiger partial charge in [0.2, 0.25) is 0 Å². The fraction of sp³-hybridized carbons (Fsp3) is 1.00. The molecule has 0 saturated heterocycles. The van der Waals surface area contributed by atoms with E-state index >= 15 is 0 Å². The molecule has 0 aromatic carbocycles. The second kappa shape index (κ2) is 9.82. The van der Waals surface area contributed by atoms with Gasteiger partial charge in [-0.15, -0.1) is 0 Å². The Morgan fingerprint density at radius 1 is 1.00 bits per heavy atom. The molecule has 4 N–H and O–H groups in total. The molecule has 6 heteroatoms. The van der Waals surface area contributed by atoms with Crippen LogP contribution in [0.4, 0.5) is 0 Å². The minimum absolute atomic E-state index is 0.593. The Hall–Kier alpha value is -0.170. The molecule has 0 spiro atoms. The van der Waals surface area contributed by atoms with Gasteiger partial charge in [0.25, 0.3) is 10.1 Å². The van der Waals surface area contributed by atoms with E-state index in [2.05, 4.69) is 4.18 Å². The van der Waals surface area contributed by atoms with E-state index in [4.69, 9.17) is 11.5 Å². The summed E-state index contributed by atoms with van der Waals surface area (Å²) in [6.07, 6.45) is 8.81. The molecule has 0 aliphatic carbocycles. The SMILES string of the molecule is CS(=O)(=O)OC(N)CCCCCCCCCN. The van der Waals surface area contributed by atoms with E-state index in [0.29, 0.717) is 6.42 Å². The lowest BCUT2D eigenvalue weighted by Crippen LogP contribution is -2.26. The third-order valence-electron chi connectivity index (χ3n) is 2.49. The maximum atomic E-state index is 10.8. The van der Waals surface area contributed by atoms with Crippen LogP contribution >= 0.6 is 0 Å². The lowest BCUT2D eigenvalue weighted by atomic mass is 10.1. The first-order valence-electron chi connectivity index (χ1n) is 6.29. The van der Waals surface area contributed by atoms with Gasteiger partial charge in [-0.25, -0.2) is 0 Å².